The molecule has 3 amide bonds. The molecule has 0 saturated carbocycles. The molecule has 2 rings (SSSR count). The molecule has 0 aromatic carbocycles. The van der Waals surface area contributed by atoms with E-state index < -0.39 is 5.60 Å². The van der Waals surface area contributed by atoms with E-state index in [0.29, 0.717) is 39.3 Å². The second-order valence-electron chi connectivity index (χ2n) is 7.55. The molecule has 8 nitrogen and oxygen atoms in total. The van der Waals surface area contributed by atoms with Gasteiger partial charge in [0.25, 0.3) is 0 Å². The predicted octanol–water partition coefficient (Wildman–Crippen LogP) is 1.54. The Kier molecular flexibility index (Phi) is 6.13. The number of carbonyl (C=O) groups is 3. The van der Waals surface area contributed by atoms with E-state index >= 15 is 0 Å². The van der Waals surface area contributed by atoms with Gasteiger partial charge in [-0.3, -0.25) is 4.79 Å². The first kappa shape index (κ1) is 19.3. The monoisotopic (exact) mass is 355 g/mol. The fraction of sp³-hybridized carbons (Fsp3) is 0.824. The maximum Gasteiger partial charge on any atom is 0.410 e. The second kappa shape index (κ2) is 7.93. The molecule has 2 saturated heterocycles. The molecular formula is C17H29N3O5. The van der Waals surface area contributed by atoms with Crippen LogP contribution in [0.25, 0.3) is 0 Å². The normalized spacial score (nSPS) is 21.8. The summed E-state index contributed by atoms with van der Waals surface area (Å²) in [6.45, 7) is 8.39. The molecule has 0 aliphatic carbocycles. The number of methoxy groups -OCH3 is 1. The van der Waals surface area contributed by atoms with Gasteiger partial charge in [-0.1, -0.05) is 0 Å². The number of likely N-dealkylation sites (tertiary alicyclic amines) is 1. The molecule has 2 aliphatic heterocycles. The lowest BCUT2D eigenvalue weighted by atomic mass is 9.98. The Morgan fingerprint density at radius 3 is 2.08 bits per heavy atom. The van der Waals surface area contributed by atoms with Crippen LogP contribution in [0.5, 0.6) is 0 Å². The van der Waals surface area contributed by atoms with Crippen LogP contribution >= 0.6 is 0 Å². The molecule has 0 aromatic rings. The summed E-state index contributed by atoms with van der Waals surface area (Å²) in [6, 6.07) is -0.0718. The van der Waals surface area contributed by atoms with Gasteiger partial charge in [0.05, 0.1) is 13.0 Å². The van der Waals surface area contributed by atoms with Crippen LogP contribution in [-0.2, 0) is 14.3 Å². The minimum Gasteiger partial charge on any atom is -0.469 e. The van der Waals surface area contributed by atoms with Gasteiger partial charge in [-0.25, -0.2) is 9.59 Å². The lowest BCUT2D eigenvalue weighted by Gasteiger charge is -2.39. The Labute approximate surface area is 149 Å². The molecule has 0 N–H and O–H groups in total. The summed E-state index contributed by atoms with van der Waals surface area (Å²) in [5.41, 5.74) is -0.527. The zero-order valence-electron chi connectivity index (χ0n) is 15.6. The van der Waals surface area contributed by atoms with Crippen molar-refractivity contribution >= 4 is 18.1 Å². The topological polar surface area (TPSA) is 79.4 Å². The van der Waals surface area contributed by atoms with Crippen molar-refractivity contribution in [3.05, 3.63) is 0 Å². The van der Waals surface area contributed by atoms with Gasteiger partial charge < -0.3 is 24.2 Å². The third-order valence-electron chi connectivity index (χ3n) is 4.43. The number of piperazine rings is 1. The van der Waals surface area contributed by atoms with E-state index in [2.05, 4.69) is 0 Å². The fourth-order valence-corrected chi connectivity index (χ4v) is 3.12. The van der Waals surface area contributed by atoms with Gasteiger partial charge in [-0.2, -0.15) is 0 Å². The Hall–Kier alpha value is -1.99. The van der Waals surface area contributed by atoms with Crippen LogP contribution in [0.2, 0.25) is 0 Å². The molecular weight excluding hydrogens is 326 g/mol. The number of rotatable bonds is 1. The average Bonchev–Trinajstić information content (AvgIpc) is 2.59. The van der Waals surface area contributed by atoms with Crippen molar-refractivity contribution in [2.45, 2.75) is 39.2 Å². The summed E-state index contributed by atoms with van der Waals surface area (Å²) in [5.74, 6) is -0.502. The molecule has 8 heteroatoms. The Bertz CT molecular complexity index is 509. The van der Waals surface area contributed by atoms with Gasteiger partial charge >= 0.3 is 18.1 Å². The number of carbonyl (C=O) groups excluding carboxylic acids is 3. The fourth-order valence-electron chi connectivity index (χ4n) is 3.12. The van der Waals surface area contributed by atoms with Gasteiger partial charge in [0.15, 0.2) is 0 Å². The summed E-state index contributed by atoms with van der Waals surface area (Å²) in [5, 5.41) is 0. The highest BCUT2D eigenvalue weighted by Crippen LogP contribution is 2.20. The molecule has 142 valence electrons. The number of hydrogen-bond donors (Lipinski definition) is 0. The van der Waals surface area contributed by atoms with E-state index in [1.807, 2.05) is 20.8 Å². The van der Waals surface area contributed by atoms with Gasteiger partial charge in [-0.05, 0) is 33.6 Å². The summed E-state index contributed by atoms with van der Waals surface area (Å²) >= 11 is 0. The van der Waals surface area contributed by atoms with Crippen molar-refractivity contribution in [1.29, 1.82) is 0 Å². The average molecular weight is 355 g/mol. The second-order valence-corrected chi connectivity index (χ2v) is 7.55. The van der Waals surface area contributed by atoms with Crippen molar-refractivity contribution in [2.24, 2.45) is 5.92 Å². The number of esters is 1. The molecule has 1 atom stereocenters. The van der Waals surface area contributed by atoms with Crippen LogP contribution in [0.4, 0.5) is 9.59 Å². The highest BCUT2D eigenvalue weighted by molar-refractivity contribution is 5.78. The van der Waals surface area contributed by atoms with Gasteiger partial charge in [0.2, 0.25) is 0 Å². The third-order valence-corrected chi connectivity index (χ3v) is 4.43. The number of ether oxygens (including phenoxy) is 2. The summed E-state index contributed by atoms with van der Waals surface area (Å²) < 4.78 is 10.2. The quantitative estimate of drug-likeness (QED) is 0.667. The van der Waals surface area contributed by atoms with Crippen LogP contribution in [0.3, 0.4) is 0 Å². The summed E-state index contributed by atoms with van der Waals surface area (Å²) in [4.78, 5) is 41.6. The van der Waals surface area contributed by atoms with Crippen LogP contribution in [0.15, 0.2) is 0 Å². The molecule has 0 spiro atoms. The number of amides is 3. The van der Waals surface area contributed by atoms with E-state index in [1.54, 1.807) is 14.7 Å². The Morgan fingerprint density at radius 2 is 1.52 bits per heavy atom. The van der Waals surface area contributed by atoms with E-state index in [4.69, 9.17) is 9.47 Å². The first-order valence-corrected chi connectivity index (χ1v) is 8.81. The number of hydrogen-bond acceptors (Lipinski definition) is 5. The zero-order chi connectivity index (χ0) is 18.6. The number of urea groups is 1. The maximum atomic E-state index is 12.7. The van der Waals surface area contributed by atoms with Gasteiger partial charge in [-0.15, -0.1) is 0 Å². The van der Waals surface area contributed by atoms with Crippen molar-refractivity contribution in [3.8, 4) is 0 Å². The Balaban J connectivity index is 1.84. The SMILES string of the molecule is COC(=O)[C@H]1CCCN(C(=O)N2CCN(C(=O)OC(C)(C)C)CC2)C1. The lowest BCUT2D eigenvalue weighted by Crippen LogP contribution is -2.56. The van der Waals surface area contributed by atoms with Crippen LogP contribution in [0, 0.1) is 5.92 Å². The third kappa shape index (κ3) is 5.24. The van der Waals surface area contributed by atoms with E-state index in [-0.39, 0.29) is 24.0 Å². The summed E-state index contributed by atoms with van der Waals surface area (Å²) in [6.07, 6.45) is 1.20. The standard InChI is InChI=1S/C17H29N3O5/c1-17(2,3)25-16(23)19-10-8-18(9-11-19)15(22)20-7-5-6-13(12-20)14(21)24-4/h13H,5-12H2,1-4H3/t13-/m0/s1. The van der Waals surface area contributed by atoms with Crippen LogP contribution < -0.4 is 0 Å². The molecule has 2 fully saturated rings. The van der Waals surface area contributed by atoms with Crippen molar-refractivity contribution in [3.63, 3.8) is 0 Å². The minimum atomic E-state index is -0.527. The van der Waals surface area contributed by atoms with Gasteiger partial charge in [0, 0.05) is 39.3 Å². The van der Waals surface area contributed by atoms with Crippen LogP contribution in [-0.4, -0.2) is 84.8 Å². The van der Waals surface area contributed by atoms with Crippen molar-refractivity contribution in [1.82, 2.24) is 14.7 Å². The Morgan fingerprint density at radius 1 is 0.920 bits per heavy atom. The van der Waals surface area contributed by atoms with E-state index in [1.165, 1.54) is 7.11 Å². The first-order valence-electron chi connectivity index (χ1n) is 8.81. The first-order chi connectivity index (χ1) is 11.7. The predicted molar refractivity (Wildman–Crippen MR) is 91.1 cm³/mol. The maximum absolute atomic E-state index is 12.7. The number of nitrogens with zero attached hydrogens (tertiary/aromatic N) is 3. The molecule has 2 heterocycles. The van der Waals surface area contributed by atoms with Crippen LogP contribution in [0.1, 0.15) is 33.6 Å². The highest BCUT2D eigenvalue weighted by atomic mass is 16.6. The van der Waals surface area contributed by atoms with Crippen molar-refractivity contribution in [2.75, 3.05) is 46.4 Å². The number of piperidine rings is 1. The van der Waals surface area contributed by atoms with E-state index in [0.717, 1.165) is 12.8 Å². The molecule has 0 bridgehead atoms. The van der Waals surface area contributed by atoms with Crippen molar-refractivity contribution < 1.29 is 23.9 Å². The molecule has 25 heavy (non-hydrogen) atoms. The summed E-state index contributed by atoms with van der Waals surface area (Å²) in [7, 11) is 1.37. The molecule has 2 aliphatic rings. The van der Waals surface area contributed by atoms with Gasteiger partial charge in [0.1, 0.15) is 5.60 Å². The largest absolute Gasteiger partial charge is 0.469 e. The zero-order valence-corrected chi connectivity index (χ0v) is 15.6. The molecule has 0 unspecified atom stereocenters. The molecule has 0 aromatic heterocycles. The highest BCUT2D eigenvalue weighted by Gasteiger charge is 2.33. The van der Waals surface area contributed by atoms with E-state index in [9.17, 15) is 14.4 Å². The smallest absolute Gasteiger partial charge is 0.410 e. The lowest BCUT2D eigenvalue weighted by molar-refractivity contribution is -0.146. The molecule has 0 radical (unpaired) electrons. The minimum absolute atomic E-state index is 0.0718.